The molecule has 0 spiro atoms. The van der Waals surface area contributed by atoms with Crippen LogP contribution < -0.4 is 5.73 Å². The van der Waals surface area contributed by atoms with E-state index in [1.165, 1.54) is 12.1 Å². The molecule has 1 heterocycles. The molecule has 0 aliphatic rings. The van der Waals surface area contributed by atoms with Crippen LogP contribution in [0.25, 0.3) is 11.3 Å². The minimum atomic E-state index is -0.622. The number of nitrogens with two attached hydrogens (primary N) is 1. The molecule has 2 N–H and O–H groups in total. The van der Waals surface area contributed by atoms with Crippen molar-refractivity contribution in [2.24, 2.45) is 0 Å². The number of aromatic nitrogens is 2. The summed E-state index contributed by atoms with van der Waals surface area (Å²) in [7, 11) is 0. The van der Waals surface area contributed by atoms with Gasteiger partial charge in [-0.3, -0.25) is 0 Å². The molecule has 0 unspecified atom stereocenters. The number of hydrogen-bond acceptors (Lipinski definition) is 3. The number of hydrogen-bond donors (Lipinski definition) is 1. The molecule has 16 heavy (non-hydrogen) atoms. The molecule has 0 amide bonds. The highest BCUT2D eigenvalue weighted by Crippen LogP contribution is 2.25. The highest BCUT2D eigenvalue weighted by molar-refractivity contribution is 5.64. The van der Waals surface area contributed by atoms with E-state index < -0.39 is 11.6 Å². The van der Waals surface area contributed by atoms with Gasteiger partial charge in [-0.05, 0) is 18.6 Å². The maximum atomic E-state index is 13.5. The first-order valence-corrected chi connectivity index (χ1v) is 4.63. The van der Waals surface area contributed by atoms with Crippen LogP contribution in [0.15, 0.2) is 24.4 Å². The molecule has 5 heteroatoms. The summed E-state index contributed by atoms with van der Waals surface area (Å²) in [6, 6.07) is 4.39. The second-order valence-corrected chi connectivity index (χ2v) is 3.34. The summed E-state index contributed by atoms with van der Waals surface area (Å²) in [4.78, 5) is 7.28. The van der Waals surface area contributed by atoms with Gasteiger partial charge in [-0.15, -0.1) is 0 Å². The lowest BCUT2D eigenvalue weighted by Gasteiger charge is -2.07. The predicted molar refractivity (Wildman–Crippen MR) is 56.5 cm³/mol. The maximum Gasteiger partial charge on any atom is 0.220 e. The van der Waals surface area contributed by atoms with Crippen LogP contribution in [0.1, 0.15) is 5.56 Å². The number of halogens is 2. The lowest BCUT2D eigenvalue weighted by atomic mass is 10.0. The summed E-state index contributed by atoms with van der Waals surface area (Å²) in [5.41, 5.74) is 6.10. The average molecular weight is 221 g/mol. The van der Waals surface area contributed by atoms with E-state index in [1.807, 2.05) is 0 Å². The number of nitrogens with zero attached hydrogens (tertiary/aromatic N) is 2. The van der Waals surface area contributed by atoms with E-state index in [9.17, 15) is 8.78 Å². The first-order valence-electron chi connectivity index (χ1n) is 4.63. The first-order chi connectivity index (χ1) is 7.59. The summed E-state index contributed by atoms with van der Waals surface area (Å²) in [6.07, 6.45) is 0.974. The summed E-state index contributed by atoms with van der Waals surface area (Å²) >= 11 is 0. The molecule has 1 aromatic heterocycles. The molecule has 0 aliphatic heterocycles. The maximum absolute atomic E-state index is 13.5. The Morgan fingerprint density at radius 2 is 1.94 bits per heavy atom. The molecule has 0 fully saturated rings. The molecular formula is C11H9F2N3. The van der Waals surface area contributed by atoms with Gasteiger partial charge in [0.1, 0.15) is 11.5 Å². The van der Waals surface area contributed by atoms with Crippen molar-refractivity contribution in [2.45, 2.75) is 6.92 Å². The zero-order valence-corrected chi connectivity index (χ0v) is 8.54. The van der Waals surface area contributed by atoms with E-state index in [1.54, 1.807) is 13.0 Å². The Labute approximate surface area is 91.0 Å². The topological polar surface area (TPSA) is 51.8 Å². The zero-order valence-electron chi connectivity index (χ0n) is 8.54. The fourth-order valence-corrected chi connectivity index (χ4v) is 1.43. The van der Waals surface area contributed by atoms with E-state index in [0.29, 0.717) is 11.1 Å². The number of anilines is 1. The Balaban J connectivity index is 2.67. The molecule has 0 saturated heterocycles. The molecule has 0 saturated carbocycles. The second kappa shape index (κ2) is 3.84. The van der Waals surface area contributed by atoms with Crippen LogP contribution in [0, 0.1) is 18.6 Å². The smallest absolute Gasteiger partial charge is 0.220 e. The number of nitrogen functional groups attached to an aromatic ring is 1. The molecule has 0 aliphatic carbocycles. The van der Waals surface area contributed by atoms with Gasteiger partial charge in [0.2, 0.25) is 5.95 Å². The van der Waals surface area contributed by atoms with Crippen molar-refractivity contribution in [2.75, 3.05) is 5.73 Å². The zero-order chi connectivity index (χ0) is 11.7. The van der Waals surface area contributed by atoms with Crippen molar-refractivity contribution in [1.82, 2.24) is 9.97 Å². The largest absolute Gasteiger partial charge is 0.368 e. The second-order valence-electron chi connectivity index (χ2n) is 3.34. The summed E-state index contributed by atoms with van der Waals surface area (Å²) in [6.45, 7) is 1.56. The van der Waals surface area contributed by atoms with Gasteiger partial charge < -0.3 is 5.73 Å². The summed E-state index contributed by atoms with van der Waals surface area (Å²) < 4.78 is 26.8. The Kier molecular flexibility index (Phi) is 2.52. The molecule has 0 radical (unpaired) electrons. The Hall–Kier alpha value is -2.04. The normalized spacial score (nSPS) is 10.4. The third-order valence-electron chi connectivity index (χ3n) is 2.29. The minimum Gasteiger partial charge on any atom is -0.368 e. The van der Waals surface area contributed by atoms with Crippen LogP contribution in [-0.2, 0) is 0 Å². The van der Waals surface area contributed by atoms with E-state index in [4.69, 9.17) is 5.73 Å². The molecule has 2 rings (SSSR count). The van der Waals surface area contributed by atoms with E-state index in [2.05, 4.69) is 9.97 Å². The molecule has 0 bridgehead atoms. The highest BCUT2D eigenvalue weighted by Gasteiger charge is 2.12. The number of rotatable bonds is 1. The van der Waals surface area contributed by atoms with E-state index in [0.717, 1.165) is 6.20 Å². The Morgan fingerprint density at radius 1 is 1.19 bits per heavy atom. The van der Waals surface area contributed by atoms with Crippen LogP contribution in [0.2, 0.25) is 0 Å². The predicted octanol–water partition coefficient (Wildman–Crippen LogP) is 2.31. The lowest BCUT2D eigenvalue weighted by Crippen LogP contribution is -2.00. The van der Waals surface area contributed by atoms with Crippen LogP contribution in [0.4, 0.5) is 14.7 Å². The van der Waals surface area contributed by atoms with E-state index >= 15 is 0 Å². The third-order valence-corrected chi connectivity index (χ3v) is 2.29. The van der Waals surface area contributed by atoms with Gasteiger partial charge in [0, 0.05) is 5.56 Å². The van der Waals surface area contributed by atoms with Crippen molar-refractivity contribution in [3.63, 3.8) is 0 Å². The SMILES string of the molecule is Cc1c(F)cccc1-c1nc(N)ncc1F. The van der Waals surface area contributed by atoms with Crippen LogP contribution >= 0.6 is 0 Å². The standard InChI is InChI=1S/C11H9F2N3/c1-6-7(3-2-4-8(6)12)10-9(13)5-15-11(14)16-10/h2-5H,1H3,(H2,14,15,16). The quantitative estimate of drug-likeness (QED) is 0.803. The average Bonchev–Trinajstić information content (AvgIpc) is 2.26. The fraction of sp³-hybridized carbons (Fsp3) is 0.0909. The fourth-order valence-electron chi connectivity index (χ4n) is 1.43. The minimum absolute atomic E-state index is 0.0181. The molecule has 2 aromatic rings. The highest BCUT2D eigenvalue weighted by atomic mass is 19.1. The van der Waals surface area contributed by atoms with Crippen molar-refractivity contribution in [1.29, 1.82) is 0 Å². The van der Waals surface area contributed by atoms with Crippen LogP contribution in [-0.4, -0.2) is 9.97 Å². The van der Waals surface area contributed by atoms with Gasteiger partial charge in [0.15, 0.2) is 5.82 Å². The molecule has 0 atom stereocenters. The lowest BCUT2D eigenvalue weighted by molar-refractivity contribution is 0.612. The molecule has 3 nitrogen and oxygen atoms in total. The summed E-state index contributed by atoms with van der Waals surface area (Å²) in [5, 5.41) is 0. The van der Waals surface area contributed by atoms with E-state index in [-0.39, 0.29) is 11.6 Å². The molecule has 1 aromatic carbocycles. The third kappa shape index (κ3) is 1.71. The van der Waals surface area contributed by atoms with Crippen LogP contribution in [0.3, 0.4) is 0 Å². The summed E-state index contributed by atoms with van der Waals surface area (Å²) in [5.74, 6) is -1.07. The first kappa shape index (κ1) is 10.5. The van der Waals surface area contributed by atoms with Gasteiger partial charge in [-0.2, -0.15) is 0 Å². The van der Waals surface area contributed by atoms with Crippen molar-refractivity contribution in [3.05, 3.63) is 41.6 Å². The van der Waals surface area contributed by atoms with Gasteiger partial charge >= 0.3 is 0 Å². The number of benzene rings is 1. The van der Waals surface area contributed by atoms with Crippen molar-refractivity contribution in [3.8, 4) is 11.3 Å². The monoisotopic (exact) mass is 221 g/mol. The molecule has 82 valence electrons. The van der Waals surface area contributed by atoms with Gasteiger partial charge in [0.25, 0.3) is 0 Å². The van der Waals surface area contributed by atoms with Gasteiger partial charge in [-0.25, -0.2) is 18.7 Å². The van der Waals surface area contributed by atoms with Crippen molar-refractivity contribution >= 4 is 5.95 Å². The van der Waals surface area contributed by atoms with Gasteiger partial charge in [0.05, 0.1) is 6.20 Å². The van der Waals surface area contributed by atoms with Crippen LogP contribution in [0.5, 0.6) is 0 Å². The Morgan fingerprint density at radius 3 is 2.69 bits per heavy atom. The van der Waals surface area contributed by atoms with Gasteiger partial charge in [-0.1, -0.05) is 12.1 Å². The molecular weight excluding hydrogens is 212 g/mol. The Bertz CT molecular complexity index is 541. The van der Waals surface area contributed by atoms with Crippen molar-refractivity contribution < 1.29 is 8.78 Å².